The van der Waals surface area contributed by atoms with E-state index in [4.69, 9.17) is 9.72 Å². The number of anilines is 1. The number of likely N-dealkylation sites (tertiary alicyclic amines) is 1. The molecule has 148 valence electrons. The highest BCUT2D eigenvalue weighted by atomic mass is 16.6. The molecule has 5 nitrogen and oxygen atoms in total. The maximum atomic E-state index is 12.7. The quantitative estimate of drug-likeness (QED) is 0.761. The molecule has 1 atom stereocenters. The Kier molecular flexibility index (Phi) is 5.79. The summed E-state index contributed by atoms with van der Waals surface area (Å²) in [6.45, 7) is 5.37. The minimum Gasteiger partial charge on any atom is -0.445 e. The van der Waals surface area contributed by atoms with Crippen molar-refractivity contribution in [1.29, 1.82) is 0 Å². The minimum absolute atomic E-state index is 0.0613. The summed E-state index contributed by atoms with van der Waals surface area (Å²) in [5.41, 5.74) is 3.37. The number of ether oxygens (including phenoxy) is 1. The molecule has 28 heavy (non-hydrogen) atoms. The van der Waals surface area contributed by atoms with E-state index < -0.39 is 0 Å². The van der Waals surface area contributed by atoms with Crippen LogP contribution in [-0.4, -0.2) is 35.6 Å². The van der Waals surface area contributed by atoms with Crippen LogP contribution in [0.4, 0.5) is 10.6 Å². The molecule has 0 bridgehead atoms. The summed E-state index contributed by atoms with van der Waals surface area (Å²) in [5, 5.41) is 0. The molecule has 2 aliphatic heterocycles. The van der Waals surface area contributed by atoms with Gasteiger partial charge in [0.1, 0.15) is 12.4 Å². The van der Waals surface area contributed by atoms with Gasteiger partial charge in [-0.1, -0.05) is 30.3 Å². The highest BCUT2D eigenvalue weighted by molar-refractivity contribution is 5.69. The molecule has 0 spiro atoms. The Morgan fingerprint density at radius 1 is 1.11 bits per heavy atom. The van der Waals surface area contributed by atoms with Crippen LogP contribution >= 0.6 is 0 Å². The van der Waals surface area contributed by atoms with E-state index in [1.54, 1.807) is 0 Å². The van der Waals surface area contributed by atoms with Crippen molar-refractivity contribution in [1.82, 2.24) is 9.88 Å². The van der Waals surface area contributed by atoms with Gasteiger partial charge in [-0.2, -0.15) is 0 Å². The van der Waals surface area contributed by atoms with Gasteiger partial charge in [0.05, 0.1) is 6.04 Å². The van der Waals surface area contributed by atoms with Crippen molar-refractivity contribution in [3.8, 4) is 0 Å². The number of benzene rings is 1. The molecule has 3 heterocycles. The summed E-state index contributed by atoms with van der Waals surface area (Å²) in [4.78, 5) is 21.7. The van der Waals surface area contributed by atoms with E-state index in [0.717, 1.165) is 49.4 Å². The van der Waals surface area contributed by atoms with Crippen molar-refractivity contribution < 1.29 is 9.53 Å². The second-order valence-electron chi connectivity index (χ2n) is 7.84. The molecule has 2 aliphatic rings. The molecule has 1 aromatic heterocycles. The van der Waals surface area contributed by atoms with Crippen LogP contribution in [0.3, 0.4) is 0 Å². The molecule has 0 saturated carbocycles. The van der Waals surface area contributed by atoms with Gasteiger partial charge in [-0.05, 0) is 61.8 Å². The Hall–Kier alpha value is -2.56. The van der Waals surface area contributed by atoms with Gasteiger partial charge in [0.15, 0.2) is 0 Å². The lowest BCUT2D eigenvalue weighted by Crippen LogP contribution is -2.32. The Morgan fingerprint density at radius 3 is 2.64 bits per heavy atom. The first-order chi connectivity index (χ1) is 13.7. The van der Waals surface area contributed by atoms with Crippen LogP contribution in [0.5, 0.6) is 0 Å². The molecule has 2 fully saturated rings. The first kappa shape index (κ1) is 18.8. The molecule has 0 N–H and O–H groups in total. The van der Waals surface area contributed by atoms with Crippen molar-refractivity contribution >= 4 is 11.9 Å². The standard InChI is InChI=1S/C23H29N3O2/c1-18-15-22(25-12-6-3-7-13-25)24-16-20(18)21-11-8-14-26(21)23(27)28-17-19-9-4-2-5-10-19/h2,4-5,9-10,15-16,21H,3,6-8,11-14,17H2,1H3/t21-/m0/s1. The molecule has 4 rings (SSSR count). The maximum absolute atomic E-state index is 12.7. The van der Waals surface area contributed by atoms with Crippen LogP contribution in [0.15, 0.2) is 42.6 Å². The van der Waals surface area contributed by atoms with Crippen LogP contribution in [0.1, 0.15) is 54.8 Å². The van der Waals surface area contributed by atoms with Crippen molar-refractivity contribution in [2.75, 3.05) is 24.5 Å². The number of carbonyl (C=O) groups is 1. The van der Waals surface area contributed by atoms with E-state index in [2.05, 4.69) is 17.9 Å². The summed E-state index contributed by atoms with van der Waals surface area (Å²) >= 11 is 0. The predicted octanol–water partition coefficient (Wildman–Crippen LogP) is 4.85. The number of nitrogens with zero attached hydrogens (tertiary/aromatic N) is 3. The molecular weight excluding hydrogens is 350 g/mol. The number of amides is 1. The lowest BCUT2D eigenvalue weighted by molar-refractivity contribution is 0.0919. The number of hydrogen-bond donors (Lipinski definition) is 0. The van der Waals surface area contributed by atoms with E-state index >= 15 is 0 Å². The fourth-order valence-electron chi connectivity index (χ4n) is 4.31. The van der Waals surface area contributed by atoms with Gasteiger partial charge in [-0.15, -0.1) is 0 Å². The first-order valence-electron chi connectivity index (χ1n) is 10.4. The molecule has 1 amide bonds. The highest BCUT2D eigenvalue weighted by Gasteiger charge is 2.32. The van der Waals surface area contributed by atoms with Gasteiger partial charge < -0.3 is 14.5 Å². The average molecular weight is 380 g/mol. The Labute approximate surface area is 167 Å². The third kappa shape index (κ3) is 4.13. The first-order valence-corrected chi connectivity index (χ1v) is 10.4. The second-order valence-corrected chi connectivity index (χ2v) is 7.84. The lowest BCUT2D eigenvalue weighted by Gasteiger charge is -2.29. The molecule has 2 saturated heterocycles. The predicted molar refractivity (Wildman–Crippen MR) is 110 cm³/mol. The summed E-state index contributed by atoms with van der Waals surface area (Å²) in [6.07, 6.45) is 7.51. The van der Waals surface area contributed by atoms with Crippen molar-refractivity contribution in [3.63, 3.8) is 0 Å². The zero-order chi connectivity index (χ0) is 19.3. The number of rotatable bonds is 4. The van der Waals surface area contributed by atoms with Gasteiger partial charge in [-0.3, -0.25) is 0 Å². The van der Waals surface area contributed by atoms with Crippen LogP contribution in [0.25, 0.3) is 0 Å². The van der Waals surface area contributed by atoms with Crippen LogP contribution in [0, 0.1) is 6.92 Å². The number of carbonyl (C=O) groups excluding carboxylic acids is 1. The fraction of sp³-hybridized carbons (Fsp3) is 0.478. The zero-order valence-electron chi connectivity index (χ0n) is 16.6. The minimum atomic E-state index is -0.231. The molecule has 0 radical (unpaired) electrons. The maximum Gasteiger partial charge on any atom is 0.410 e. The number of pyridine rings is 1. The van der Waals surface area contributed by atoms with Gasteiger partial charge in [0, 0.05) is 25.8 Å². The van der Waals surface area contributed by atoms with Crippen molar-refractivity contribution in [2.45, 2.75) is 51.7 Å². The van der Waals surface area contributed by atoms with Crippen molar-refractivity contribution in [2.24, 2.45) is 0 Å². The Bertz CT molecular complexity index is 803. The fourth-order valence-corrected chi connectivity index (χ4v) is 4.31. The molecule has 0 unspecified atom stereocenters. The third-order valence-corrected chi connectivity index (χ3v) is 5.87. The van der Waals surface area contributed by atoms with E-state index in [1.165, 1.54) is 24.8 Å². The Balaban J connectivity index is 1.44. The highest BCUT2D eigenvalue weighted by Crippen LogP contribution is 2.35. The summed E-state index contributed by atoms with van der Waals surface area (Å²) in [5.74, 6) is 1.07. The monoisotopic (exact) mass is 379 g/mol. The number of aryl methyl sites for hydroxylation is 1. The summed E-state index contributed by atoms with van der Waals surface area (Å²) in [7, 11) is 0. The van der Waals surface area contributed by atoms with E-state index in [9.17, 15) is 4.79 Å². The largest absolute Gasteiger partial charge is 0.445 e. The topological polar surface area (TPSA) is 45.7 Å². The summed E-state index contributed by atoms with van der Waals surface area (Å²) < 4.78 is 5.58. The molecule has 1 aromatic carbocycles. The van der Waals surface area contributed by atoms with E-state index in [0.29, 0.717) is 6.61 Å². The molecular formula is C23H29N3O2. The SMILES string of the molecule is Cc1cc(N2CCCCC2)ncc1[C@@H]1CCCN1C(=O)OCc1ccccc1. The molecule has 0 aliphatic carbocycles. The number of piperidine rings is 1. The van der Waals surface area contributed by atoms with Crippen molar-refractivity contribution in [3.05, 3.63) is 59.3 Å². The van der Waals surface area contributed by atoms with Gasteiger partial charge in [0.25, 0.3) is 0 Å². The lowest BCUT2D eigenvalue weighted by atomic mass is 10.0. The summed E-state index contributed by atoms with van der Waals surface area (Å²) in [6, 6.07) is 12.1. The van der Waals surface area contributed by atoms with Crippen LogP contribution < -0.4 is 4.90 Å². The normalized spacial score (nSPS) is 19.7. The molecule has 5 heteroatoms. The smallest absolute Gasteiger partial charge is 0.410 e. The number of aromatic nitrogens is 1. The third-order valence-electron chi connectivity index (χ3n) is 5.87. The van der Waals surface area contributed by atoms with E-state index in [1.807, 2.05) is 41.4 Å². The van der Waals surface area contributed by atoms with Gasteiger partial charge in [0.2, 0.25) is 0 Å². The molecule has 2 aromatic rings. The van der Waals surface area contributed by atoms with E-state index in [-0.39, 0.29) is 12.1 Å². The number of hydrogen-bond acceptors (Lipinski definition) is 4. The second kappa shape index (κ2) is 8.63. The van der Waals surface area contributed by atoms with Crippen LogP contribution in [0.2, 0.25) is 0 Å². The zero-order valence-corrected chi connectivity index (χ0v) is 16.6. The average Bonchev–Trinajstić information content (AvgIpc) is 3.23. The van der Waals surface area contributed by atoms with Crippen LogP contribution in [-0.2, 0) is 11.3 Å². The van der Waals surface area contributed by atoms with Gasteiger partial charge in [-0.25, -0.2) is 9.78 Å². The van der Waals surface area contributed by atoms with Gasteiger partial charge >= 0.3 is 6.09 Å². The Morgan fingerprint density at radius 2 is 1.89 bits per heavy atom.